The Morgan fingerprint density at radius 2 is 1.83 bits per heavy atom. The molecule has 0 aliphatic rings. The predicted octanol–water partition coefficient (Wildman–Crippen LogP) is 2.92. The summed E-state index contributed by atoms with van der Waals surface area (Å²) in [6.45, 7) is 4.49. The minimum atomic E-state index is -0.0398. The van der Waals surface area contributed by atoms with Crippen LogP contribution in [0.15, 0.2) is 39.9 Å². The van der Waals surface area contributed by atoms with Crippen molar-refractivity contribution in [3.63, 3.8) is 0 Å². The molecule has 0 unspecified atom stereocenters. The van der Waals surface area contributed by atoms with Gasteiger partial charge in [0.25, 0.3) is 5.56 Å². The van der Waals surface area contributed by atoms with Crippen molar-refractivity contribution in [1.29, 1.82) is 0 Å². The molecule has 0 saturated carbocycles. The molecule has 0 aliphatic carbocycles. The van der Waals surface area contributed by atoms with Gasteiger partial charge in [0, 0.05) is 0 Å². The van der Waals surface area contributed by atoms with Crippen LogP contribution in [0.5, 0.6) is 0 Å². The summed E-state index contributed by atoms with van der Waals surface area (Å²) in [5.74, 6) is 0. The van der Waals surface area contributed by atoms with E-state index in [1.54, 1.807) is 10.9 Å². The lowest BCUT2D eigenvalue weighted by molar-refractivity contribution is 0.724. The van der Waals surface area contributed by atoms with E-state index in [-0.39, 0.29) is 5.56 Å². The number of hydrogen-bond donors (Lipinski definition) is 0. The summed E-state index contributed by atoms with van der Waals surface area (Å²) in [6, 6.07) is 8.30. The Morgan fingerprint density at radius 3 is 2.44 bits per heavy atom. The molecule has 1 heterocycles. The van der Waals surface area contributed by atoms with E-state index in [0.717, 1.165) is 17.7 Å². The highest BCUT2D eigenvalue weighted by molar-refractivity contribution is 9.10. The lowest BCUT2D eigenvalue weighted by Crippen LogP contribution is -2.22. The molecule has 0 N–H and O–H groups in total. The van der Waals surface area contributed by atoms with Crippen molar-refractivity contribution >= 4 is 15.9 Å². The summed E-state index contributed by atoms with van der Waals surface area (Å²) in [4.78, 5) is 16.2. The van der Waals surface area contributed by atoms with E-state index in [1.165, 1.54) is 5.56 Å². The van der Waals surface area contributed by atoms with Gasteiger partial charge >= 0.3 is 0 Å². The van der Waals surface area contributed by atoms with Gasteiger partial charge in [-0.2, -0.15) is 0 Å². The molecular formula is C14H15BrN2O. The van der Waals surface area contributed by atoms with Crippen molar-refractivity contribution in [2.45, 2.75) is 26.8 Å². The fraction of sp³-hybridized carbons (Fsp3) is 0.286. The summed E-state index contributed by atoms with van der Waals surface area (Å²) in [5.41, 5.74) is 3.08. The monoisotopic (exact) mass is 306 g/mol. The zero-order chi connectivity index (χ0) is 13.1. The SMILES string of the molecule is CCc1ccc(Cn2cnc(C)c(Br)c2=O)cc1. The molecule has 0 saturated heterocycles. The van der Waals surface area contributed by atoms with Crippen LogP contribution in [0, 0.1) is 6.92 Å². The smallest absolute Gasteiger partial charge is 0.268 e. The molecule has 2 rings (SSSR count). The first-order chi connectivity index (χ1) is 8.61. The van der Waals surface area contributed by atoms with Gasteiger partial charge in [-0.3, -0.25) is 9.36 Å². The van der Waals surface area contributed by atoms with Crippen molar-refractivity contribution in [3.8, 4) is 0 Å². The Labute approximate surface area is 115 Å². The Balaban J connectivity index is 2.28. The van der Waals surface area contributed by atoms with E-state index >= 15 is 0 Å². The Hall–Kier alpha value is -1.42. The van der Waals surface area contributed by atoms with Crippen LogP contribution < -0.4 is 5.56 Å². The van der Waals surface area contributed by atoms with Crippen molar-refractivity contribution in [2.75, 3.05) is 0 Å². The summed E-state index contributed by atoms with van der Waals surface area (Å²) in [6.07, 6.45) is 2.62. The number of nitrogens with zero attached hydrogens (tertiary/aromatic N) is 2. The van der Waals surface area contributed by atoms with Crippen LogP contribution in [0.3, 0.4) is 0 Å². The van der Waals surface area contributed by atoms with Gasteiger partial charge in [0.2, 0.25) is 0 Å². The van der Waals surface area contributed by atoms with E-state index < -0.39 is 0 Å². The molecule has 0 bridgehead atoms. The minimum Gasteiger partial charge on any atom is -0.294 e. The molecule has 0 spiro atoms. The van der Waals surface area contributed by atoms with E-state index in [9.17, 15) is 4.79 Å². The topological polar surface area (TPSA) is 34.9 Å². The second kappa shape index (κ2) is 5.48. The molecule has 0 atom stereocenters. The Morgan fingerprint density at radius 1 is 1.22 bits per heavy atom. The van der Waals surface area contributed by atoms with Gasteiger partial charge in [-0.25, -0.2) is 4.98 Å². The highest BCUT2D eigenvalue weighted by Crippen LogP contribution is 2.09. The van der Waals surface area contributed by atoms with Crippen LogP contribution in [0.1, 0.15) is 23.7 Å². The number of aromatic nitrogens is 2. The predicted molar refractivity (Wildman–Crippen MR) is 75.9 cm³/mol. The number of halogens is 1. The van der Waals surface area contributed by atoms with E-state index in [0.29, 0.717) is 11.0 Å². The average Bonchev–Trinajstić information content (AvgIpc) is 2.40. The highest BCUT2D eigenvalue weighted by atomic mass is 79.9. The molecule has 1 aromatic heterocycles. The van der Waals surface area contributed by atoms with Crippen LogP contribution in [-0.4, -0.2) is 9.55 Å². The molecule has 2 aromatic rings. The van der Waals surface area contributed by atoms with Gasteiger partial charge in [-0.15, -0.1) is 0 Å². The second-order valence-corrected chi connectivity index (χ2v) is 5.04. The van der Waals surface area contributed by atoms with Crippen molar-refractivity contribution in [2.24, 2.45) is 0 Å². The number of aryl methyl sites for hydroxylation is 2. The number of hydrogen-bond acceptors (Lipinski definition) is 2. The summed E-state index contributed by atoms with van der Waals surface area (Å²) >= 11 is 3.27. The van der Waals surface area contributed by atoms with Gasteiger partial charge in [0.05, 0.1) is 18.6 Å². The van der Waals surface area contributed by atoms with Gasteiger partial charge in [-0.1, -0.05) is 31.2 Å². The van der Waals surface area contributed by atoms with Crippen molar-refractivity contribution < 1.29 is 0 Å². The third kappa shape index (κ3) is 2.70. The summed E-state index contributed by atoms with van der Waals surface area (Å²) in [5, 5.41) is 0. The van der Waals surface area contributed by atoms with Gasteiger partial charge in [0.1, 0.15) is 4.47 Å². The van der Waals surface area contributed by atoms with Crippen LogP contribution >= 0.6 is 15.9 Å². The first-order valence-electron chi connectivity index (χ1n) is 5.91. The Kier molecular flexibility index (Phi) is 3.97. The van der Waals surface area contributed by atoms with Crippen LogP contribution in [-0.2, 0) is 13.0 Å². The zero-order valence-corrected chi connectivity index (χ0v) is 12.1. The van der Waals surface area contributed by atoms with E-state index in [1.807, 2.05) is 6.92 Å². The molecule has 0 radical (unpaired) electrons. The van der Waals surface area contributed by atoms with Crippen LogP contribution in [0.4, 0.5) is 0 Å². The van der Waals surface area contributed by atoms with E-state index in [4.69, 9.17) is 0 Å². The highest BCUT2D eigenvalue weighted by Gasteiger charge is 2.05. The molecule has 0 aliphatic heterocycles. The maximum atomic E-state index is 12.0. The van der Waals surface area contributed by atoms with Gasteiger partial charge in [-0.05, 0) is 40.4 Å². The molecule has 0 amide bonds. The van der Waals surface area contributed by atoms with Gasteiger partial charge < -0.3 is 0 Å². The van der Waals surface area contributed by atoms with E-state index in [2.05, 4.69) is 52.1 Å². The molecule has 1 aromatic carbocycles. The molecule has 94 valence electrons. The third-order valence-corrected chi connectivity index (χ3v) is 3.85. The number of benzene rings is 1. The zero-order valence-electron chi connectivity index (χ0n) is 10.5. The molecular weight excluding hydrogens is 292 g/mol. The second-order valence-electron chi connectivity index (χ2n) is 4.25. The fourth-order valence-electron chi connectivity index (χ4n) is 1.74. The maximum Gasteiger partial charge on any atom is 0.268 e. The largest absolute Gasteiger partial charge is 0.294 e. The standard InChI is InChI=1S/C14H15BrN2O/c1-3-11-4-6-12(7-5-11)8-17-9-16-10(2)13(15)14(17)18/h4-7,9H,3,8H2,1-2H3. The van der Waals surface area contributed by atoms with Gasteiger partial charge in [0.15, 0.2) is 0 Å². The maximum absolute atomic E-state index is 12.0. The molecule has 18 heavy (non-hydrogen) atoms. The normalized spacial score (nSPS) is 10.6. The van der Waals surface area contributed by atoms with Crippen LogP contribution in [0.2, 0.25) is 0 Å². The first-order valence-corrected chi connectivity index (χ1v) is 6.70. The molecule has 4 heteroatoms. The average molecular weight is 307 g/mol. The van der Waals surface area contributed by atoms with Crippen molar-refractivity contribution in [1.82, 2.24) is 9.55 Å². The fourth-order valence-corrected chi connectivity index (χ4v) is 2.07. The summed E-state index contributed by atoms with van der Waals surface area (Å²) < 4.78 is 2.15. The minimum absolute atomic E-state index is 0.0398. The molecule has 3 nitrogen and oxygen atoms in total. The number of rotatable bonds is 3. The summed E-state index contributed by atoms with van der Waals surface area (Å²) in [7, 11) is 0. The molecule has 0 fully saturated rings. The first kappa shape index (κ1) is 13.0. The lowest BCUT2D eigenvalue weighted by atomic mass is 10.1. The quantitative estimate of drug-likeness (QED) is 0.874. The van der Waals surface area contributed by atoms with Crippen molar-refractivity contribution in [3.05, 3.63) is 62.2 Å². The van der Waals surface area contributed by atoms with Crippen LogP contribution in [0.25, 0.3) is 0 Å². The third-order valence-electron chi connectivity index (χ3n) is 2.94. The lowest BCUT2D eigenvalue weighted by Gasteiger charge is -2.07. The Bertz CT molecular complexity index is 602.